The Labute approximate surface area is 196 Å². The fraction of sp³-hybridized carbons (Fsp3) is 0.143. The summed E-state index contributed by atoms with van der Waals surface area (Å²) in [5.41, 5.74) is 2.77. The molecule has 2 aromatic carbocycles. The molecule has 4 rings (SSSR count). The Balaban J connectivity index is 1.36. The molecule has 0 aliphatic carbocycles. The summed E-state index contributed by atoms with van der Waals surface area (Å²) in [4.78, 5) is 28.5. The van der Waals surface area contributed by atoms with Crippen LogP contribution < -0.4 is 10.1 Å². The van der Waals surface area contributed by atoms with Crippen molar-refractivity contribution in [3.8, 4) is 22.7 Å². The lowest BCUT2D eigenvalue weighted by Gasteiger charge is -2.05. The highest BCUT2D eigenvalue weighted by molar-refractivity contribution is 7.99. The van der Waals surface area contributed by atoms with Crippen LogP contribution in [-0.4, -0.2) is 57.0 Å². The second-order valence-corrected chi connectivity index (χ2v) is 8.32. The van der Waals surface area contributed by atoms with Crippen LogP contribution >= 0.6 is 23.1 Å². The minimum atomic E-state index is -0.429. The molecule has 1 N–H and O–H groups in total. The average Bonchev–Trinajstić information content (AvgIpc) is 3.52. The number of anilines is 1. The van der Waals surface area contributed by atoms with Gasteiger partial charge in [-0.15, -0.1) is 16.4 Å². The number of rotatable bonds is 8. The number of carbonyl (C=O) groups excluding carboxylic acids is 2. The molecule has 2 aromatic heterocycles. The van der Waals surface area contributed by atoms with Gasteiger partial charge in [-0.05, 0) is 59.0 Å². The Hall–Kier alpha value is -3.77. The second kappa shape index (κ2) is 10.2. The van der Waals surface area contributed by atoms with E-state index in [9.17, 15) is 9.59 Å². The molecule has 33 heavy (non-hydrogen) atoms. The number of tetrazole rings is 1. The minimum absolute atomic E-state index is 0.0953. The number of hydrogen-bond donors (Lipinski definition) is 1. The first-order chi connectivity index (χ1) is 16.1. The van der Waals surface area contributed by atoms with Crippen LogP contribution in [0.2, 0.25) is 0 Å². The minimum Gasteiger partial charge on any atom is -0.497 e. The molecule has 168 valence electrons. The molecular weight excluding hydrogens is 464 g/mol. The van der Waals surface area contributed by atoms with Crippen LogP contribution in [0.15, 0.2) is 59.1 Å². The molecule has 4 aromatic rings. The van der Waals surface area contributed by atoms with Crippen molar-refractivity contribution in [2.45, 2.75) is 5.16 Å². The van der Waals surface area contributed by atoms with Crippen molar-refractivity contribution < 1.29 is 19.1 Å². The number of amides is 1. The first-order valence-electron chi connectivity index (χ1n) is 9.57. The van der Waals surface area contributed by atoms with Gasteiger partial charge in [0.25, 0.3) is 0 Å². The van der Waals surface area contributed by atoms with E-state index < -0.39 is 5.97 Å². The summed E-state index contributed by atoms with van der Waals surface area (Å²) >= 11 is 2.53. The molecule has 0 aliphatic heterocycles. The van der Waals surface area contributed by atoms with Crippen molar-refractivity contribution in [3.05, 3.63) is 59.5 Å². The van der Waals surface area contributed by atoms with Crippen molar-refractivity contribution in [1.29, 1.82) is 0 Å². The average molecular weight is 483 g/mol. The van der Waals surface area contributed by atoms with Crippen molar-refractivity contribution in [1.82, 2.24) is 25.2 Å². The summed E-state index contributed by atoms with van der Waals surface area (Å²) < 4.78 is 11.4. The topological polar surface area (TPSA) is 121 Å². The highest BCUT2D eigenvalue weighted by Gasteiger charge is 2.14. The van der Waals surface area contributed by atoms with Gasteiger partial charge in [0.1, 0.15) is 5.75 Å². The largest absolute Gasteiger partial charge is 0.497 e. The van der Waals surface area contributed by atoms with E-state index in [1.807, 2.05) is 29.6 Å². The number of nitrogens with zero attached hydrogens (tertiary/aromatic N) is 5. The lowest BCUT2D eigenvalue weighted by molar-refractivity contribution is -0.113. The summed E-state index contributed by atoms with van der Waals surface area (Å²) in [5.74, 6) is 0.201. The number of thiazole rings is 1. The number of ether oxygens (including phenoxy) is 2. The number of esters is 1. The first kappa shape index (κ1) is 22.4. The number of thioether (sulfide) groups is 1. The lowest BCUT2D eigenvalue weighted by Crippen LogP contribution is -2.14. The molecule has 0 saturated carbocycles. The Bertz CT molecular complexity index is 1250. The smallest absolute Gasteiger partial charge is 0.337 e. The maximum atomic E-state index is 12.4. The predicted molar refractivity (Wildman–Crippen MR) is 124 cm³/mol. The fourth-order valence-electron chi connectivity index (χ4n) is 2.80. The van der Waals surface area contributed by atoms with Crippen molar-refractivity contribution in [2.75, 3.05) is 25.3 Å². The summed E-state index contributed by atoms with van der Waals surface area (Å²) in [7, 11) is 2.94. The molecule has 0 saturated heterocycles. The molecule has 0 radical (unpaired) electrons. The molecule has 1 amide bonds. The third-order valence-electron chi connectivity index (χ3n) is 4.44. The standard InChI is InChI=1S/C21H18N6O4S2/c1-30-16-9-5-13(6-10-16)17-11-32-20(22-17)23-18(28)12-33-21-24-25-26-27(21)15-7-3-14(4-8-15)19(29)31-2/h3-11H,12H2,1-2H3,(H,22,23,28). The molecule has 0 spiro atoms. The fourth-order valence-corrected chi connectivity index (χ4v) is 4.23. The van der Waals surface area contributed by atoms with Crippen molar-refractivity contribution >= 4 is 40.1 Å². The quantitative estimate of drug-likeness (QED) is 0.298. The molecule has 0 unspecified atom stereocenters. The summed E-state index contributed by atoms with van der Waals surface area (Å²) in [6.45, 7) is 0. The number of aromatic nitrogens is 5. The van der Waals surface area contributed by atoms with Crippen molar-refractivity contribution in [2.24, 2.45) is 0 Å². The zero-order chi connectivity index (χ0) is 23.2. The highest BCUT2D eigenvalue weighted by atomic mass is 32.2. The molecule has 10 nitrogen and oxygen atoms in total. The maximum absolute atomic E-state index is 12.4. The van der Waals surface area contributed by atoms with E-state index >= 15 is 0 Å². The van der Waals surface area contributed by atoms with Crippen molar-refractivity contribution in [3.63, 3.8) is 0 Å². The Morgan fingerprint density at radius 1 is 1.09 bits per heavy atom. The third-order valence-corrected chi connectivity index (χ3v) is 6.12. The number of carbonyl (C=O) groups is 2. The van der Waals surface area contributed by atoms with Crippen LogP contribution in [0.5, 0.6) is 5.75 Å². The van der Waals surface area contributed by atoms with E-state index in [4.69, 9.17) is 9.47 Å². The molecule has 12 heteroatoms. The van der Waals surface area contributed by atoms with E-state index in [2.05, 4.69) is 25.8 Å². The van der Waals surface area contributed by atoms with Gasteiger partial charge in [-0.3, -0.25) is 4.79 Å². The van der Waals surface area contributed by atoms with Gasteiger partial charge in [0, 0.05) is 10.9 Å². The molecule has 0 bridgehead atoms. The van der Waals surface area contributed by atoms with Gasteiger partial charge in [0.05, 0.1) is 36.9 Å². The SMILES string of the molecule is COC(=O)c1ccc(-n2nnnc2SCC(=O)Nc2nc(-c3ccc(OC)cc3)cs2)cc1. The van der Waals surface area contributed by atoms with E-state index in [1.54, 1.807) is 31.4 Å². The zero-order valence-electron chi connectivity index (χ0n) is 17.6. The summed E-state index contributed by atoms with van der Waals surface area (Å²) in [6, 6.07) is 14.2. The zero-order valence-corrected chi connectivity index (χ0v) is 19.2. The van der Waals surface area contributed by atoms with Gasteiger partial charge in [0.15, 0.2) is 5.13 Å². The number of nitrogens with one attached hydrogen (secondary N) is 1. The van der Waals surface area contributed by atoms with Crippen LogP contribution in [-0.2, 0) is 9.53 Å². The molecular formula is C21H18N6O4S2. The Morgan fingerprint density at radius 2 is 1.85 bits per heavy atom. The van der Waals surface area contributed by atoms with Crippen LogP contribution in [0.25, 0.3) is 16.9 Å². The lowest BCUT2D eigenvalue weighted by atomic mass is 10.2. The normalized spacial score (nSPS) is 10.6. The number of benzene rings is 2. The van der Waals surface area contributed by atoms with E-state index in [0.29, 0.717) is 21.5 Å². The highest BCUT2D eigenvalue weighted by Crippen LogP contribution is 2.27. The third kappa shape index (κ3) is 5.35. The summed E-state index contributed by atoms with van der Waals surface area (Å²) in [6.07, 6.45) is 0. The Morgan fingerprint density at radius 3 is 2.55 bits per heavy atom. The molecule has 2 heterocycles. The maximum Gasteiger partial charge on any atom is 0.337 e. The summed E-state index contributed by atoms with van der Waals surface area (Å²) in [5, 5.41) is 17.2. The van der Waals surface area contributed by atoms with Crippen LogP contribution in [0.1, 0.15) is 10.4 Å². The van der Waals surface area contributed by atoms with Crippen LogP contribution in [0.3, 0.4) is 0 Å². The second-order valence-electron chi connectivity index (χ2n) is 6.51. The van der Waals surface area contributed by atoms with Gasteiger partial charge < -0.3 is 14.8 Å². The molecule has 0 fully saturated rings. The first-order valence-corrected chi connectivity index (χ1v) is 11.4. The predicted octanol–water partition coefficient (Wildman–Crippen LogP) is 3.31. The van der Waals surface area contributed by atoms with Crippen LogP contribution in [0.4, 0.5) is 5.13 Å². The van der Waals surface area contributed by atoms with Gasteiger partial charge in [-0.2, -0.15) is 4.68 Å². The van der Waals surface area contributed by atoms with E-state index in [-0.39, 0.29) is 11.7 Å². The molecule has 0 aliphatic rings. The van der Waals surface area contributed by atoms with Gasteiger partial charge in [0.2, 0.25) is 11.1 Å². The number of hydrogen-bond acceptors (Lipinski definition) is 10. The van der Waals surface area contributed by atoms with Gasteiger partial charge in [-0.25, -0.2) is 9.78 Å². The molecule has 0 atom stereocenters. The van der Waals surface area contributed by atoms with Gasteiger partial charge >= 0.3 is 5.97 Å². The van der Waals surface area contributed by atoms with E-state index in [1.165, 1.54) is 34.9 Å². The van der Waals surface area contributed by atoms with Crippen LogP contribution in [0, 0.1) is 0 Å². The van der Waals surface area contributed by atoms with E-state index in [0.717, 1.165) is 17.0 Å². The monoisotopic (exact) mass is 482 g/mol. The van der Waals surface area contributed by atoms with Gasteiger partial charge in [-0.1, -0.05) is 11.8 Å². The number of methoxy groups -OCH3 is 2. The Kier molecular flexibility index (Phi) is 6.95.